The van der Waals surface area contributed by atoms with Crippen LogP contribution in [0.3, 0.4) is 0 Å². The van der Waals surface area contributed by atoms with Crippen LogP contribution in [-0.2, 0) is 30.9 Å². The summed E-state index contributed by atoms with van der Waals surface area (Å²) in [4.78, 5) is 25.3. The molecule has 0 N–H and O–H groups in total. The molecular weight excluding hydrogens is 328 g/mol. The summed E-state index contributed by atoms with van der Waals surface area (Å²) >= 11 is 0. The summed E-state index contributed by atoms with van der Waals surface area (Å²) in [6.07, 6.45) is 4.37. The molecule has 0 fully saturated rings. The van der Waals surface area contributed by atoms with Crippen molar-refractivity contribution in [3.05, 3.63) is 82.9 Å². The molecule has 0 bridgehead atoms. The van der Waals surface area contributed by atoms with E-state index in [-0.39, 0.29) is 17.9 Å². The molecule has 0 saturated carbocycles. The van der Waals surface area contributed by atoms with Gasteiger partial charge >= 0.3 is 11.9 Å². The van der Waals surface area contributed by atoms with Crippen molar-refractivity contribution in [1.29, 1.82) is 0 Å². The van der Waals surface area contributed by atoms with Gasteiger partial charge in [0.1, 0.15) is 11.3 Å². The van der Waals surface area contributed by atoms with Crippen molar-refractivity contribution in [2.24, 2.45) is 0 Å². The molecule has 2 aliphatic rings. The Bertz CT molecular complexity index is 900. The second-order valence-electron chi connectivity index (χ2n) is 6.77. The van der Waals surface area contributed by atoms with Crippen molar-refractivity contribution in [3.8, 4) is 0 Å². The highest BCUT2D eigenvalue weighted by molar-refractivity contribution is 5.93. The average molecular weight is 348 g/mol. The summed E-state index contributed by atoms with van der Waals surface area (Å²) in [6.45, 7) is 0. The Balaban J connectivity index is 1.97. The second kappa shape index (κ2) is 6.13. The first-order valence-corrected chi connectivity index (χ1v) is 8.66. The van der Waals surface area contributed by atoms with Crippen molar-refractivity contribution in [1.82, 2.24) is 0 Å². The van der Waals surface area contributed by atoms with Crippen LogP contribution in [0.25, 0.3) is 0 Å². The third-order valence-electron chi connectivity index (χ3n) is 5.64. The molecule has 4 nitrogen and oxygen atoms in total. The molecule has 0 saturated heterocycles. The summed E-state index contributed by atoms with van der Waals surface area (Å²) in [6, 6.07) is 15.9. The van der Waals surface area contributed by atoms with Gasteiger partial charge in [-0.05, 0) is 28.7 Å². The lowest BCUT2D eigenvalue weighted by Gasteiger charge is -2.36. The van der Waals surface area contributed by atoms with Crippen LogP contribution >= 0.6 is 0 Å². The van der Waals surface area contributed by atoms with E-state index >= 15 is 0 Å². The van der Waals surface area contributed by atoms with Crippen LogP contribution in [0, 0.1) is 0 Å². The van der Waals surface area contributed by atoms with Crippen molar-refractivity contribution in [2.75, 3.05) is 14.2 Å². The topological polar surface area (TPSA) is 52.6 Å². The minimum Gasteiger partial charge on any atom is -0.468 e. The van der Waals surface area contributed by atoms with Gasteiger partial charge in [-0.1, -0.05) is 60.7 Å². The maximum atomic E-state index is 13.1. The standard InChI is InChI=1S/C22H20O4/c1-25-20(23)17-11-12-22(21(24)26-2)18(14-7-4-3-5-8-14)13-15-9-6-10-16(17)19(15)22/h3-12,17-18H,13H2,1-2H3/t17-,18+,22+/m0/s1. The van der Waals surface area contributed by atoms with E-state index in [2.05, 4.69) is 0 Å². The molecule has 2 aromatic rings. The highest BCUT2D eigenvalue weighted by Crippen LogP contribution is 2.55. The van der Waals surface area contributed by atoms with Crippen molar-refractivity contribution in [2.45, 2.75) is 23.7 Å². The Hall–Kier alpha value is -2.88. The van der Waals surface area contributed by atoms with Gasteiger partial charge in [0, 0.05) is 5.92 Å². The summed E-state index contributed by atoms with van der Waals surface area (Å²) < 4.78 is 10.2. The maximum absolute atomic E-state index is 13.1. The van der Waals surface area contributed by atoms with E-state index in [1.807, 2.05) is 54.6 Å². The molecular formula is C22H20O4. The lowest BCUT2D eigenvalue weighted by molar-refractivity contribution is -0.147. The van der Waals surface area contributed by atoms with Crippen molar-refractivity contribution >= 4 is 11.9 Å². The zero-order valence-corrected chi connectivity index (χ0v) is 14.8. The van der Waals surface area contributed by atoms with Gasteiger partial charge in [0.15, 0.2) is 0 Å². The van der Waals surface area contributed by atoms with Crippen molar-refractivity contribution in [3.63, 3.8) is 0 Å². The second-order valence-corrected chi connectivity index (χ2v) is 6.77. The summed E-state index contributed by atoms with van der Waals surface area (Å²) in [7, 11) is 2.80. The fourth-order valence-corrected chi connectivity index (χ4v) is 4.54. The van der Waals surface area contributed by atoms with Gasteiger partial charge in [-0.3, -0.25) is 9.59 Å². The maximum Gasteiger partial charge on any atom is 0.320 e. The highest BCUT2D eigenvalue weighted by Gasteiger charge is 2.55. The summed E-state index contributed by atoms with van der Waals surface area (Å²) in [5.74, 6) is -1.18. The Morgan fingerprint density at radius 2 is 1.77 bits per heavy atom. The van der Waals surface area contributed by atoms with E-state index in [1.165, 1.54) is 14.2 Å². The van der Waals surface area contributed by atoms with Gasteiger partial charge in [0.05, 0.1) is 14.2 Å². The zero-order chi connectivity index (χ0) is 18.3. The van der Waals surface area contributed by atoms with E-state index in [9.17, 15) is 9.59 Å². The fraction of sp³-hybridized carbons (Fsp3) is 0.273. The van der Waals surface area contributed by atoms with E-state index < -0.39 is 11.3 Å². The fourth-order valence-electron chi connectivity index (χ4n) is 4.54. The summed E-state index contributed by atoms with van der Waals surface area (Å²) in [5.41, 5.74) is 2.99. The van der Waals surface area contributed by atoms with Crippen LogP contribution in [0.15, 0.2) is 60.7 Å². The number of benzene rings is 2. The van der Waals surface area contributed by atoms with Crippen LogP contribution in [0.5, 0.6) is 0 Å². The first kappa shape index (κ1) is 16.6. The predicted molar refractivity (Wildman–Crippen MR) is 96.9 cm³/mol. The quantitative estimate of drug-likeness (QED) is 0.631. The van der Waals surface area contributed by atoms with Crippen LogP contribution < -0.4 is 0 Å². The highest BCUT2D eigenvalue weighted by atomic mass is 16.5. The average Bonchev–Trinajstić information content (AvgIpc) is 3.05. The van der Waals surface area contributed by atoms with Crippen LogP contribution in [0.4, 0.5) is 0 Å². The number of carbonyl (C=O) groups excluding carboxylic acids is 2. The van der Waals surface area contributed by atoms with Crippen molar-refractivity contribution < 1.29 is 19.1 Å². The van der Waals surface area contributed by atoms with E-state index in [4.69, 9.17) is 9.47 Å². The first-order valence-electron chi connectivity index (χ1n) is 8.66. The Labute approximate surface area is 152 Å². The molecule has 132 valence electrons. The third kappa shape index (κ3) is 2.15. The number of hydrogen-bond donors (Lipinski definition) is 0. The van der Waals surface area contributed by atoms with Gasteiger partial charge in [-0.15, -0.1) is 0 Å². The van der Waals surface area contributed by atoms with Gasteiger partial charge in [-0.25, -0.2) is 0 Å². The van der Waals surface area contributed by atoms with E-state index in [0.29, 0.717) is 0 Å². The molecule has 0 heterocycles. The number of carbonyl (C=O) groups is 2. The molecule has 2 aliphatic carbocycles. The number of methoxy groups -OCH3 is 2. The molecule has 0 radical (unpaired) electrons. The van der Waals surface area contributed by atoms with Crippen LogP contribution in [0.2, 0.25) is 0 Å². The minimum absolute atomic E-state index is 0.0675. The normalized spacial score (nSPS) is 25.5. The molecule has 0 spiro atoms. The molecule has 0 aromatic heterocycles. The lowest BCUT2D eigenvalue weighted by Crippen LogP contribution is -2.41. The van der Waals surface area contributed by atoms with Gasteiger partial charge in [-0.2, -0.15) is 0 Å². The molecule has 0 amide bonds. The van der Waals surface area contributed by atoms with E-state index in [1.54, 1.807) is 6.08 Å². The Morgan fingerprint density at radius 3 is 2.46 bits per heavy atom. The van der Waals surface area contributed by atoms with E-state index in [0.717, 1.165) is 28.7 Å². The SMILES string of the molecule is COC(=O)[C@H]1C=C[C@]2(C(=O)OC)c3c(cccc31)C[C@@H]2c1ccccc1. The smallest absolute Gasteiger partial charge is 0.320 e. The first-order chi connectivity index (χ1) is 12.6. The number of ether oxygens (including phenoxy) is 2. The van der Waals surface area contributed by atoms with Gasteiger partial charge in [0.25, 0.3) is 0 Å². The molecule has 3 atom stereocenters. The Kier molecular flexibility index (Phi) is 3.91. The molecule has 0 aliphatic heterocycles. The molecule has 4 rings (SSSR count). The van der Waals surface area contributed by atoms with Gasteiger partial charge < -0.3 is 9.47 Å². The largest absolute Gasteiger partial charge is 0.468 e. The monoisotopic (exact) mass is 348 g/mol. The lowest BCUT2D eigenvalue weighted by atomic mass is 9.66. The minimum atomic E-state index is -0.910. The molecule has 0 unspecified atom stereocenters. The molecule has 26 heavy (non-hydrogen) atoms. The predicted octanol–water partition coefficient (Wildman–Crippen LogP) is 3.26. The van der Waals surface area contributed by atoms with Gasteiger partial charge in [0.2, 0.25) is 0 Å². The number of rotatable bonds is 3. The molecule has 2 aromatic carbocycles. The Morgan fingerprint density at radius 1 is 1.00 bits per heavy atom. The molecule has 4 heteroatoms. The summed E-state index contributed by atoms with van der Waals surface area (Å²) in [5, 5.41) is 0. The van der Waals surface area contributed by atoms with Crippen LogP contribution in [0.1, 0.15) is 34.1 Å². The number of hydrogen-bond acceptors (Lipinski definition) is 4. The number of esters is 2. The third-order valence-corrected chi connectivity index (χ3v) is 5.64. The zero-order valence-electron chi connectivity index (χ0n) is 14.8. The van der Waals surface area contributed by atoms with Crippen LogP contribution in [-0.4, -0.2) is 26.2 Å².